The van der Waals surface area contributed by atoms with Gasteiger partial charge in [-0.05, 0) is 62.3 Å². The molecule has 1 aromatic carbocycles. The molecule has 1 amide bonds. The zero-order chi connectivity index (χ0) is 19.7. The van der Waals surface area contributed by atoms with Crippen molar-refractivity contribution in [1.82, 2.24) is 10.2 Å². The van der Waals surface area contributed by atoms with Gasteiger partial charge in [-0.25, -0.2) is 0 Å². The van der Waals surface area contributed by atoms with Crippen LogP contribution in [0.3, 0.4) is 0 Å². The average molecular weight is 395 g/mol. The summed E-state index contributed by atoms with van der Waals surface area (Å²) in [6.45, 7) is 2.83. The second-order valence-electron chi connectivity index (χ2n) is 8.98. The van der Waals surface area contributed by atoms with Crippen molar-refractivity contribution in [3.8, 4) is 5.75 Å². The Bertz CT molecular complexity index is 836. The van der Waals surface area contributed by atoms with Gasteiger partial charge in [-0.1, -0.05) is 18.2 Å². The van der Waals surface area contributed by atoms with E-state index in [1.807, 2.05) is 18.2 Å². The maximum Gasteiger partial charge on any atom is 0.220 e. The number of benzene rings is 1. The lowest BCUT2D eigenvalue weighted by molar-refractivity contribution is -0.123. The highest BCUT2D eigenvalue weighted by atomic mass is 16.5. The van der Waals surface area contributed by atoms with Gasteiger partial charge in [0.15, 0.2) is 0 Å². The van der Waals surface area contributed by atoms with Crippen LogP contribution >= 0.6 is 0 Å². The van der Waals surface area contributed by atoms with Crippen LogP contribution in [0.5, 0.6) is 5.75 Å². The number of nitrogens with one attached hydrogen (secondary N) is 1. The van der Waals surface area contributed by atoms with Gasteiger partial charge in [0.25, 0.3) is 0 Å². The van der Waals surface area contributed by atoms with Crippen molar-refractivity contribution in [2.24, 2.45) is 0 Å². The van der Waals surface area contributed by atoms with E-state index in [9.17, 15) is 4.79 Å². The number of rotatable bonds is 5. The molecule has 5 nitrogen and oxygen atoms in total. The molecule has 29 heavy (non-hydrogen) atoms. The van der Waals surface area contributed by atoms with Crippen molar-refractivity contribution < 1.29 is 13.9 Å². The van der Waals surface area contributed by atoms with Crippen molar-refractivity contribution in [3.05, 3.63) is 54.0 Å². The molecule has 1 aromatic heterocycles. The number of likely N-dealkylation sites (tertiary alicyclic amines) is 1. The fraction of sp³-hybridized carbons (Fsp3) is 0.542. The fourth-order valence-electron chi connectivity index (χ4n) is 5.04. The summed E-state index contributed by atoms with van der Waals surface area (Å²) in [4.78, 5) is 15.1. The molecule has 1 N–H and O–H groups in total. The number of carbonyl (C=O) groups excluding carboxylic acids is 1. The molecule has 0 unspecified atom stereocenters. The first kappa shape index (κ1) is 18.7. The third-order valence-electron chi connectivity index (χ3n) is 6.93. The largest absolute Gasteiger partial charge is 0.487 e. The smallest absolute Gasteiger partial charge is 0.220 e. The predicted octanol–water partition coefficient (Wildman–Crippen LogP) is 4.24. The number of para-hydroxylation sites is 1. The molecule has 3 aliphatic rings. The first-order chi connectivity index (χ1) is 14.2. The van der Waals surface area contributed by atoms with E-state index in [1.54, 1.807) is 6.26 Å². The minimum absolute atomic E-state index is 0.157. The summed E-state index contributed by atoms with van der Waals surface area (Å²) < 4.78 is 12.1. The van der Waals surface area contributed by atoms with Gasteiger partial charge in [-0.3, -0.25) is 9.69 Å². The van der Waals surface area contributed by atoms with E-state index < -0.39 is 0 Å². The molecule has 3 heterocycles. The van der Waals surface area contributed by atoms with Gasteiger partial charge in [0.2, 0.25) is 5.91 Å². The van der Waals surface area contributed by atoms with E-state index >= 15 is 0 Å². The Kier molecular flexibility index (Phi) is 5.08. The van der Waals surface area contributed by atoms with Crippen molar-refractivity contribution in [1.29, 1.82) is 0 Å². The summed E-state index contributed by atoms with van der Waals surface area (Å²) >= 11 is 0. The van der Waals surface area contributed by atoms with E-state index in [2.05, 4.69) is 28.4 Å². The molecule has 2 aliphatic heterocycles. The van der Waals surface area contributed by atoms with Gasteiger partial charge in [0.1, 0.15) is 17.1 Å². The summed E-state index contributed by atoms with van der Waals surface area (Å²) in [5.74, 6) is 2.42. The fourth-order valence-corrected chi connectivity index (χ4v) is 5.04. The lowest BCUT2D eigenvalue weighted by Gasteiger charge is -2.47. The molecule has 5 rings (SSSR count). The highest BCUT2D eigenvalue weighted by Gasteiger charge is 2.43. The molecule has 5 heteroatoms. The molecule has 1 saturated carbocycles. The first-order valence-electron chi connectivity index (χ1n) is 11.0. The highest BCUT2D eigenvalue weighted by Crippen LogP contribution is 2.46. The molecular formula is C24H30N2O3. The number of piperidine rings is 1. The van der Waals surface area contributed by atoms with E-state index in [4.69, 9.17) is 9.15 Å². The van der Waals surface area contributed by atoms with Gasteiger partial charge in [0.05, 0.1) is 12.8 Å². The Morgan fingerprint density at radius 3 is 2.69 bits per heavy atom. The molecule has 2 aromatic rings. The van der Waals surface area contributed by atoms with Crippen LogP contribution in [0.4, 0.5) is 0 Å². The normalized spacial score (nSPS) is 23.8. The summed E-state index contributed by atoms with van der Waals surface area (Å²) in [6, 6.07) is 12.7. The van der Waals surface area contributed by atoms with Crippen molar-refractivity contribution in [2.45, 2.75) is 69.1 Å². The number of hydrogen-bond acceptors (Lipinski definition) is 4. The molecule has 1 atom stereocenters. The number of ether oxygens (including phenoxy) is 1. The molecule has 0 bridgehead atoms. The first-order valence-corrected chi connectivity index (χ1v) is 11.0. The topological polar surface area (TPSA) is 54.7 Å². The van der Waals surface area contributed by atoms with Crippen LogP contribution in [-0.2, 0) is 11.3 Å². The quantitative estimate of drug-likeness (QED) is 0.824. The van der Waals surface area contributed by atoms with Crippen LogP contribution in [0.15, 0.2) is 47.1 Å². The summed E-state index contributed by atoms with van der Waals surface area (Å²) in [5.41, 5.74) is 1.04. The molecule has 1 aliphatic carbocycles. The Morgan fingerprint density at radius 1 is 1.14 bits per heavy atom. The number of furan rings is 1. The van der Waals surface area contributed by atoms with Crippen LogP contribution in [0.1, 0.15) is 62.2 Å². The number of nitrogens with zero attached hydrogens (tertiary/aromatic N) is 1. The van der Waals surface area contributed by atoms with Crippen LogP contribution in [0, 0.1) is 0 Å². The second-order valence-corrected chi connectivity index (χ2v) is 8.98. The van der Waals surface area contributed by atoms with Crippen LogP contribution in [0.2, 0.25) is 0 Å². The summed E-state index contributed by atoms with van der Waals surface area (Å²) in [7, 11) is 0. The molecule has 1 saturated heterocycles. The molecule has 0 radical (unpaired) electrons. The minimum atomic E-state index is -0.157. The van der Waals surface area contributed by atoms with E-state index in [-0.39, 0.29) is 17.4 Å². The van der Waals surface area contributed by atoms with Crippen molar-refractivity contribution >= 4 is 5.91 Å². The Morgan fingerprint density at radius 2 is 1.97 bits per heavy atom. The van der Waals surface area contributed by atoms with Gasteiger partial charge >= 0.3 is 0 Å². The highest BCUT2D eigenvalue weighted by molar-refractivity contribution is 5.77. The lowest BCUT2D eigenvalue weighted by atomic mass is 9.76. The van der Waals surface area contributed by atoms with Crippen LogP contribution < -0.4 is 10.1 Å². The number of carbonyl (C=O) groups is 1. The molecule has 1 spiro atoms. The number of hydrogen-bond donors (Lipinski definition) is 1. The standard InChI is InChI=1S/C24H30N2O3/c27-23(25-19-5-3-6-19)15-18-16-24(29-22-9-2-1-8-21(18)22)10-12-26(13-11-24)17-20-7-4-14-28-20/h1-2,4,7-9,14,18-19H,3,5-6,10-13,15-17H2,(H,25,27)/t18-/m0/s1. The number of fused-ring (bicyclic) bond motifs is 1. The Labute approximate surface area is 172 Å². The van der Waals surface area contributed by atoms with Gasteiger partial charge < -0.3 is 14.5 Å². The zero-order valence-electron chi connectivity index (χ0n) is 16.9. The average Bonchev–Trinajstić information content (AvgIpc) is 3.20. The van der Waals surface area contributed by atoms with Crippen molar-refractivity contribution in [2.75, 3.05) is 13.1 Å². The maximum atomic E-state index is 12.7. The monoisotopic (exact) mass is 394 g/mol. The molecular weight excluding hydrogens is 364 g/mol. The Hall–Kier alpha value is -2.27. The lowest BCUT2D eigenvalue weighted by Crippen LogP contribution is -2.50. The van der Waals surface area contributed by atoms with Gasteiger partial charge in [-0.15, -0.1) is 0 Å². The summed E-state index contributed by atoms with van der Waals surface area (Å²) in [6.07, 6.45) is 8.71. The van der Waals surface area contributed by atoms with Crippen molar-refractivity contribution in [3.63, 3.8) is 0 Å². The van der Waals surface area contributed by atoms with Gasteiger partial charge in [0, 0.05) is 31.5 Å². The summed E-state index contributed by atoms with van der Waals surface area (Å²) in [5, 5.41) is 3.22. The minimum Gasteiger partial charge on any atom is -0.487 e. The third kappa shape index (κ3) is 4.06. The SMILES string of the molecule is O=C(C[C@H]1CC2(CCN(Cc3ccco3)CC2)Oc2ccccc21)NC1CCC1. The van der Waals surface area contributed by atoms with Gasteiger partial charge in [-0.2, -0.15) is 0 Å². The third-order valence-corrected chi connectivity index (χ3v) is 6.93. The zero-order valence-corrected chi connectivity index (χ0v) is 16.9. The maximum absolute atomic E-state index is 12.7. The molecule has 154 valence electrons. The van der Waals surface area contributed by atoms with E-state index in [1.165, 1.54) is 12.0 Å². The van der Waals surface area contributed by atoms with Crippen LogP contribution in [-0.4, -0.2) is 35.5 Å². The molecule has 2 fully saturated rings. The second kappa shape index (κ2) is 7.86. The van der Waals surface area contributed by atoms with E-state index in [0.29, 0.717) is 12.5 Å². The van der Waals surface area contributed by atoms with Crippen LogP contribution in [0.25, 0.3) is 0 Å². The number of amides is 1. The predicted molar refractivity (Wildman–Crippen MR) is 111 cm³/mol. The Balaban J connectivity index is 1.27. The van der Waals surface area contributed by atoms with E-state index in [0.717, 1.165) is 63.2 Å².